The van der Waals surface area contributed by atoms with Crippen molar-refractivity contribution in [2.24, 2.45) is 0 Å². The molecule has 0 radical (unpaired) electrons. The highest BCUT2D eigenvalue weighted by atomic mass is 79.9. The van der Waals surface area contributed by atoms with Gasteiger partial charge in [0.25, 0.3) is 0 Å². The van der Waals surface area contributed by atoms with Gasteiger partial charge in [0.1, 0.15) is 5.82 Å². The summed E-state index contributed by atoms with van der Waals surface area (Å²) in [6.07, 6.45) is 3.18. The monoisotopic (exact) mass is 338 g/mol. The molecular weight excluding hydrogens is 319 g/mol. The molecule has 0 spiro atoms. The number of hydrogen-bond acceptors (Lipinski definition) is 1. The lowest BCUT2D eigenvalue weighted by Gasteiger charge is -2.17. The molecule has 0 aliphatic heterocycles. The summed E-state index contributed by atoms with van der Waals surface area (Å²) in [5.74, 6) is -0.216. The largest absolute Gasteiger partial charge is 0.346 e. The Balaban J connectivity index is 2.16. The minimum Gasteiger partial charge on any atom is -0.346 e. The molecule has 2 nitrogen and oxygen atoms in total. The first kappa shape index (κ1) is 15.3. The second kappa shape index (κ2) is 7.04. The second-order valence-electron chi connectivity index (χ2n) is 4.97. The van der Waals surface area contributed by atoms with Crippen LogP contribution in [0.2, 0.25) is 0 Å². The molecule has 0 saturated heterocycles. The van der Waals surface area contributed by atoms with Crippen molar-refractivity contribution in [1.29, 1.82) is 0 Å². The van der Waals surface area contributed by atoms with Crippen LogP contribution < -0.4 is 5.32 Å². The van der Waals surface area contributed by atoms with Crippen molar-refractivity contribution in [3.8, 4) is 0 Å². The third-order valence-electron chi connectivity index (χ3n) is 3.36. The van der Waals surface area contributed by atoms with Crippen LogP contribution in [0.1, 0.15) is 37.6 Å². The fourth-order valence-electron chi connectivity index (χ4n) is 2.26. The summed E-state index contributed by atoms with van der Waals surface area (Å²) in [7, 11) is 0. The summed E-state index contributed by atoms with van der Waals surface area (Å²) in [4.78, 5) is 0. The van der Waals surface area contributed by atoms with Crippen molar-refractivity contribution >= 4 is 15.9 Å². The Morgan fingerprint density at radius 3 is 2.85 bits per heavy atom. The van der Waals surface area contributed by atoms with Gasteiger partial charge in [-0.1, -0.05) is 28.9 Å². The average Bonchev–Trinajstić information content (AvgIpc) is 2.87. The third kappa shape index (κ3) is 3.70. The standard InChI is InChI=1S/C16H20BrFN2/c1-3-8-19-12(2)16-5-4-9-20(16)11-13-6-7-14(18)10-15(13)17/h4-7,9-10,12,19H,3,8,11H2,1-2H3. The lowest BCUT2D eigenvalue weighted by atomic mass is 10.2. The summed E-state index contributed by atoms with van der Waals surface area (Å²) >= 11 is 3.43. The fraction of sp³-hybridized carbons (Fsp3) is 0.375. The maximum atomic E-state index is 13.1. The van der Waals surface area contributed by atoms with Gasteiger partial charge in [-0.15, -0.1) is 0 Å². The molecule has 2 rings (SSSR count). The zero-order valence-corrected chi connectivity index (χ0v) is 13.5. The van der Waals surface area contributed by atoms with Gasteiger partial charge < -0.3 is 9.88 Å². The highest BCUT2D eigenvalue weighted by Gasteiger charge is 2.10. The second-order valence-corrected chi connectivity index (χ2v) is 5.83. The van der Waals surface area contributed by atoms with Crippen molar-refractivity contribution in [1.82, 2.24) is 9.88 Å². The van der Waals surface area contributed by atoms with Gasteiger partial charge >= 0.3 is 0 Å². The summed E-state index contributed by atoms with van der Waals surface area (Å²) in [6.45, 7) is 6.07. The number of aromatic nitrogens is 1. The lowest BCUT2D eigenvalue weighted by molar-refractivity contribution is 0.534. The normalized spacial score (nSPS) is 12.6. The number of rotatable bonds is 6. The summed E-state index contributed by atoms with van der Waals surface area (Å²) in [5, 5.41) is 3.49. The van der Waals surface area contributed by atoms with E-state index in [1.54, 1.807) is 0 Å². The quantitative estimate of drug-likeness (QED) is 0.820. The van der Waals surface area contributed by atoms with E-state index in [1.807, 2.05) is 6.07 Å². The minimum absolute atomic E-state index is 0.216. The van der Waals surface area contributed by atoms with Crippen LogP contribution in [0.3, 0.4) is 0 Å². The van der Waals surface area contributed by atoms with Crippen LogP contribution in [-0.2, 0) is 6.54 Å². The zero-order valence-electron chi connectivity index (χ0n) is 11.9. The number of benzene rings is 1. The Kier molecular flexibility index (Phi) is 5.38. The summed E-state index contributed by atoms with van der Waals surface area (Å²) in [5.41, 5.74) is 2.32. The average molecular weight is 339 g/mol. The number of nitrogens with one attached hydrogen (secondary N) is 1. The molecule has 0 aliphatic carbocycles. The van der Waals surface area contributed by atoms with Crippen LogP contribution in [-0.4, -0.2) is 11.1 Å². The van der Waals surface area contributed by atoms with E-state index in [9.17, 15) is 4.39 Å². The van der Waals surface area contributed by atoms with Crippen LogP contribution >= 0.6 is 15.9 Å². The first-order valence-electron chi connectivity index (χ1n) is 6.94. The van der Waals surface area contributed by atoms with Crippen molar-refractivity contribution in [2.45, 2.75) is 32.9 Å². The van der Waals surface area contributed by atoms with Crippen molar-refractivity contribution in [2.75, 3.05) is 6.54 Å². The zero-order chi connectivity index (χ0) is 14.5. The molecule has 1 atom stereocenters. The highest BCUT2D eigenvalue weighted by molar-refractivity contribution is 9.10. The Morgan fingerprint density at radius 2 is 2.15 bits per heavy atom. The predicted octanol–water partition coefficient (Wildman–Crippen LogP) is 4.50. The first-order chi connectivity index (χ1) is 9.61. The molecule has 0 fully saturated rings. The molecule has 0 amide bonds. The number of halogens is 2. The highest BCUT2D eigenvalue weighted by Crippen LogP contribution is 2.21. The Morgan fingerprint density at radius 1 is 1.35 bits per heavy atom. The van der Waals surface area contributed by atoms with Gasteiger partial charge in [0.15, 0.2) is 0 Å². The molecule has 0 saturated carbocycles. The molecule has 0 bridgehead atoms. The third-order valence-corrected chi connectivity index (χ3v) is 4.10. The van der Waals surface area contributed by atoms with E-state index in [-0.39, 0.29) is 5.82 Å². The molecule has 108 valence electrons. The Labute approximate surface area is 128 Å². The van der Waals surface area contributed by atoms with E-state index >= 15 is 0 Å². The Hall–Kier alpha value is -1.13. The SMILES string of the molecule is CCCNC(C)c1cccn1Cc1ccc(F)cc1Br. The van der Waals surface area contributed by atoms with E-state index in [0.717, 1.165) is 29.5 Å². The number of nitrogens with zero attached hydrogens (tertiary/aromatic N) is 1. The Bertz CT molecular complexity index is 565. The van der Waals surface area contributed by atoms with Gasteiger partial charge in [-0.05, 0) is 49.7 Å². The van der Waals surface area contributed by atoms with Crippen LogP contribution in [0, 0.1) is 5.82 Å². The van der Waals surface area contributed by atoms with E-state index in [0.29, 0.717) is 6.04 Å². The van der Waals surface area contributed by atoms with E-state index in [2.05, 4.69) is 58.0 Å². The smallest absolute Gasteiger partial charge is 0.124 e. The molecule has 4 heteroatoms. The maximum absolute atomic E-state index is 13.1. The van der Waals surface area contributed by atoms with Gasteiger partial charge in [0, 0.05) is 29.0 Å². The van der Waals surface area contributed by atoms with Crippen LogP contribution in [0.15, 0.2) is 41.0 Å². The van der Waals surface area contributed by atoms with Crippen molar-refractivity contribution < 1.29 is 4.39 Å². The lowest BCUT2D eigenvalue weighted by Crippen LogP contribution is -2.22. The first-order valence-corrected chi connectivity index (χ1v) is 7.73. The van der Waals surface area contributed by atoms with Crippen molar-refractivity contribution in [3.63, 3.8) is 0 Å². The van der Waals surface area contributed by atoms with Crippen LogP contribution in [0.5, 0.6) is 0 Å². The molecule has 1 unspecified atom stereocenters. The molecule has 1 aromatic carbocycles. The number of hydrogen-bond donors (Lipinski definition) is 1. The fourth-order valence-corrected chi connectivity index (χ4v) is 2.74. The molecule has 1 heterocycles. The summed E-state index contributed by atoms with van der Waals surface area (Å²) < 4.78 is 16.1. The molecule has 2 aromatic rings. The predicted molar refractivity (Wildman–Crippen MR) is 84.3 cm³/mol. The topological polar surface area (TPSA) is 17.0 Å². The van der Waals surface area contributed by atoms with E-state index in [1.165, 1.54) is 17.8 Å². The van der Waals surface area contributed by atoms with Crippen molar-refractivity contribution in [3.05, 3.63) is 58.1 Å². The van der Waals surface area contributed by atoms with E-state index in [4.69, 9.17) is 0 Å². The van der Waals surface area contributed by atoms with Gasteiger partial charge in [-0.25, -0.2) is 4.39 Å². The molecule has 20 heavy (non-hydrogen) atoms. The van der Waals surface area contributed by atoms with E-state index < -0.39 is 0 Å². The van der Waals surface area contributed by atoms with Gasteiger partial charge in [0.05, 0.1) is 0 Å². The minimum atomic E-state index is -0.216. The van der Waals surface area contributed by atoms with Gasteiger partial charge in [-0.2, -0.15) is 0 Å². The van der Waals surface area contributed by atoms with Gasteiger partial charge in [-0.3, -0.25) is 0 Å². The molecule has 1 aromatic heterocycles. The molecule has 1 N–H and O–H groups in total. The maximum Gasteiger partial charge on any atom is 0.124 e. The van der Waals surface area contributed by atoms with Crippen LogP contribution in [0.4, 0.5) is 4.39 Å². The van der Waals surface area contributed by atoms with Crippen LogP contribution in [0.25, 0.3) is 0 Å². The molecule has 0 aliphatic rings. The molecular formula is C16H20BrFN2. The van der Waals surface area contributed by atoms with Gasteiger partial charge in [0.2, 0.25) is 0 Å². The summed E-state index contributed by atoms with van der Waals surface area (Å²) in [6, 6.07) is 9.33.